The van der Waals surface area contributed by atoms with Gasteiger partial charge in [-0.1, -0.05) is 64.0 Å². The molecule has 3 heteroatoms. The summed E-state index contributed by atoms with van der Waals surface area (Å²) in [6.07, 6.45) is 17.2. The number of aliphatic hydroxyl groups is 2. The van der Waals surface area contributed by atoms with E-state index in [-0.39, 0.29) is 29.5 Å². The number of fused-ring (bicyclic) bond motifs is 1. The maximum Gasteiger partial charge on any atom is 0.139 e. The van der Waals surface area contributed by atoms with Gasteiger partial charge in [0.2, 0.25) is 0 Å². The first-order chi connectivity index (χ1) is 12.6. The Morgan fingerprint density at radius 1 is 1.15 bits per heavy atom. The van der Waals surface area contributed by atoms with Crippen molar-refractivity contribution in [2.24, 2.45) is 23.2 Å². The van der Waals surface area contributed by atoms with Crippen molar-refractivity contribution in [2.45, 2.75) is 103 Å². The van der Waals surface area contributed by atoms with Crippen molar-refractivity contribution in [1.29, 1.82) is 0 Å². The predicted molar refractivity (Wildman–Crippen MR) is 105 cm³/mol. The molecule has 3 aliphatic carbocycles. The number of ketones is 1. The van der Waals surface area contributed by atoms with Crippen molar-refractivity contribution in [2.75, 3.05) is 0 Å². The van der Waals surface area contributed by atoms with Crippen molar-refractivity contribution in [1.82, 2.24) is 0 Å². The van der Waals surface area contributed by atoms with Crippen LogP contribution < -0.4 is 0 Å². The largest absolute Gasteiger partial charge is 0.393 e. The van der Waals surface area contributed by atoms with Gasteiger partial charge in [-0.15, -0.1) is 0 Å². The molecule has 0 amide bonds. The Bertz CT molecular complexity index is 494. The number of carbonyl (C=O) groups is 1. The number of aliphatic hydroxyl groups excluding tert-OH is 2. The van der Waals surface area contributed by atoms with E-state index in [2.05, 4.69) is 13.0 Å². The minimum atomic E-state index is -0.390. The van der Waals surface area contributed by atoms with Crippen LogP contribution in [0.15, 0.2) is 12.2 Å². The molecule has 0 saturated heterocycles. The van der Waals surface area contributed by atoms with Crippen LogP contribution in [0, 0.1) is 23.2 Å². The zero-order chi connectivity index (χ0) is 18.6. The van der Waals surface area contributed by atoms with Gasteiger partial charge >= 0.3 is 0 Å². The zero-order valence-corrected chi connectivity index (χ0v) is 16.5. The highest BCUT2D eigenvalue weighted by molar-refractivity contribution is 5.91. The maximum atomic E-state index is 12.5. The van der Waals surface area contributed by atoms with Crippen LogP contribution in [0.5, 0.6) is 0 Å². The van der Waals surface area contributed by atoms with E-state index >= 15 is 0 Å². The van der Waals surface area contributed by atoms with E-state index in [0.717, 1.165) is 38.5 Å². The van der Waals surface area contributed by atoms with Crippen LogP contribution in [-0.2, 0) is 4.79 Å². The number of unbranched alkanes of at least 4 members (excludes halogenated alkanes) is 3. The predicted octanol–water partition coefficient (Wildman–Crippen LogP) is 4.80. The molecule has 148 valence electrons. The summed E-state index contributed by atoms with van der Waals surface area (Å²) in [7, 11) is 0. The Kier molecular flexibility index (Phi) is 6.96. The molecule has 0 aliphatic heterocycles. The lowest BCUT2D eigenvalue weighted by Gasteiger charge is -2.56. The monoisotopic (exact) mass is 362 g/mol. The van der Waals surface area contributed by atoms with Crippen LogP contribution in [0.25, 0.3) is 0 Å². The SMILES string of the molecule is CCCCCC[C@@]12CC[C@H](O)[C@@H](C=C[C@@H](O)C3CCCCC3)[C@@H]1CC2=O. The van der Waals surface area contributed by atoms with Gasteiger partial charge in [0.05, 0.1) is 12.2 Å². The molecule has 0 aromatic heterocycles. The first-order valence-electron chi connectivity index (χ1n) is 11.2. The van der Waals surface area contributed by atoms with Crippen LogP contribution in [0.1, 0.15) is 90.4 Å². The zero-order valence-electron chi connectivity index (χ0n) is 16.5. The van der Waals surface area contributed by atoms with Gasteiger partial charge in [0, 0.05) is 17.8 Å². The van der Waals surface area contributed by atoms with Crippen molar-refractivity contribution in [3.63, 3.8) is 0 Å². The Morgan fingerprint density at radius 3 is 2.62 bits per heavy atom. The van der Waals surface area contributed by atoms with Crippen molar-refractivity contribution in [3.8, 4) is 0 Å². The quantitative estimate of drug-likeness (QED) is 0.482. The first kappa shape index (κ1) is 20.1. The molecular formula is C23H38O3. The molecule has 0 aromatic carbocycles. The number of rotatable bonds is 8. The molecule has 3 rings (SSSR count). The second kappa shape index (κ2) is 9.01. The molecule has 0 spiro atoms. The Hall–Kier alpha value is -0.670. The summed E-state index contributed by atoms with van der Waals surface area (Å²) >= 11 is 0. The highest BCUT2D eigenvalue weighted by atomic mass is 16.3. The number of hydrogen-bond donors (Lipinski definition) is 2. The molecule has 3 fully saturated rings. The lowest BCUT2D eigenvalue weighted by atomic mass is 9.47. The summed E-state index contributed by atoms with van der Waals surface area (Å²) in [5.74, 6) is 1.14. The van der Waals surface area contributed by atoms with Gasteiger partial charge in [0.1, 0.15) is 5.78 Å². The molecule has 3 aliphatic rings. The Balaban J connectivity index is 1.62. The summed E-state index contributed by atoms with van der Waals surface area (Å²) < 4.78 is 0. The van der Waals surface area contributed by atoms with Crippen molar-refractivity contribution >= 4 is 5.78 Å². The molecule has 3 nitrogen and oxygen atoms in total. The van der Waals surface area contributed by atoms with E-state index in [9.17, 15) is 15.0 Å². The Morgan fingerprint density at radius 2 is 1.92 bits per heavy atom. The first-order valence-corrected chi connectivity index (χ1v) is 11.2. The highest BCUT2D eigenvalue weighted by Gasteiger charge is 2.59. The minimum Gasteiger partial charge on any atom is -0.393 e. The lowest BCUT2D eigenvalue weighted by molar-refractivity contribution is -0.161. The summed E-state index contributed by atoms with van der Waals surface area (Å²) in [6.45, 7) is 2.21. The smallest absolute Gasteiger partial charge is 0.139 e. The molecule has 0 heterocycles. The van der Waals surface area contributed by atoms with Crippen LogP contribution in [-0.4, -0.2) is 28.2 Å². The fraction of sp³-hybridized carbons (Fsp3) is 0.870. The molecule has 2 N–H and O–H groups in total. The third-order valence-electron chi connectivity index (χ3n) is 7.61. The highest BCUT2D eigenvalue weighted by Crippen LogP contribution is 2.58. The molecule has 0 radical (unpaired) electrons. The van der Waals surface area contributed by atoms with Gasteiger partial charge in [-0.25, -0.2) is 0 Å². The third-order valence-corrected chi connectivity index (χ3v) is 7.61. The molecule has 0 unspecified atom stereocenters. The molecule has 5 atom stereocenters. The van der Waals surface area contributed by atoms with E-state index in [1.807, 2.05) is 6.08 Å². The summed E-state index contributed by atoms with van der Waals surface area (Å²) in [5, 5.41) is 21.1. The summed E-state index contributed by atoms with van der Waals surface area (Å²) in [4.78, 5) is 12.5. The Labute approximate surface area is 159 Å². The second-order valence-electron chi connectivity index (χ2n) is 9.16. The second-order valence-corrected chi connectivity index (χ2v) is 9.16. The van der Waals surface area contributed by atoms with E-state index < -0.39 is 0 Å². The van der Waals surface area contributed by atoms with Gasteiger partial charge < -0.3 is 10.2 Å². The molecule has 0 aromatic rings. The van der Waals surface area contributed by atoms with Crippen LogP contribution in [0.3, 0.4) is 0 Å². The summed E-state index contributed by atoms with van der Waals surface area (Å²) in [6, 6.07) is 0. The summed E-state index contributed by atoms with van der Waals surface area (Å²) in [5.41, 5.74) is -0.169. The third kappa shape index (κ3) is 4.09. The van der Waals surface area contributed by atoms with Gasteiger partial charge in [-0.2, -0.15) is 0 Å². The van der Waals surface area contributed by atoms with Crippen LogP contribution in [0.4, 0.5) is 0 Å². The van der Waals surface area contributed by atoms with E-state index in [1.54, 1.807) is 0 Å². The van der Waals surface area contributed by atoms with E-state index in [1.165, 1.54) is 38.5 Å². The normalized spacial score (nSPS) is 36.7. The van der Waals surface area contributed by atoms with Crippen molar-refractivity contribution < 1.29 is 15.0 Å². The van der Waals surface area contributed by atoms with Crippen LogP contribution in [0.2, 0.25) is 0 Å². The molecular weight excluding hydrogens is 324 g/mol. The minimum absolute atomic E-state index is 0.0471. The standard InChI is InChI=1S/C23H38O3/c1-2-3-4-8-14-23-15-13-21(25)18(19(23)16-22(23)26)11-12-20(24)17-9-6-5-7-10-17/h11-12,17-21,24-25H,2-10,13-16H2,1H3/t18-,19-,20+,21-,23+/m0/s1. The van der Waals surface area contributed by atoms with E-state index in [4.69, 9.17) is 0 Å². The number of hydrogen-bond acceptors (Lipinski definition) is 3. The number of Topliss-reactive ketones (excluding diaryl/α,β-unsaturated/α-hetero) is 1. The topological polar surface area (TPSA) is 57.5 Å². The fourth-order valence-corrected chi connectivity index (χ4v) is 5.82. The van der Waals surface area contributed by atoms with Gasteiger partial charge in [0.15, 0.2) is 0 Å². The number of carbonyl (C=O) groups excluding carboxylic acids is 1. The van der Waals surface area contributed by atoms with Gasteiger partial charge in [-0.3, -0.25) is 4.79 Å². The maximum absolute atomic E-state index is 12.5. The van der Waals surface area contributed by atoms with Gasteiger partial charge in [0.25, 0.3) is 0 Å². The molecule has 3 saturated carbocycles. The van der Waals surface area contributed by atoms with Gasteiger partial charge in [-0.05, 0) is 43.9 Å². The molecule has 26 heavy (non-hydrogen) atoms. The van der Waals surface area contributed by atoms with E-state index in [0.29, 0.717) is 18.1 Å². The lowest BCUT2D eigenvalue weighted by Crippen LogP contribution is -2.58. The average molecular weight is 363 g/mol. The van der Waals surface area contributed by atoms with Crippen LogP contribution >= 0.6 is 0 Å². The fourth-order valence-electron chi connectivity index (χ4n) is 5.82. The molecule has 0 bridgehead atoms. The van der Waals surface area contributed by atoms with Crippen molar-refractivity contribution in [3.05, 3.63) is 12.2 Å². The average Bonchev–Trinajstić information content (AvgIpc) is 2.66.